The minimum Gasteiger partial charge on any atom is -0.289 e. The van der Waals surface area contributed by atoms with Crippen molar-refractivity contribution in [1.82, 2.24) is 5.43 Å². The fraction of sp³-hybridized carbons (Fsp3) is 0. The minimum atomic E-state index is -4.25. The third-order valence-electron chi connectivity index (χ3n) is 3.40. The molecule has 0 aliphatic carbocycles. The molecule has 0 bridgehead atoms. The van der Waals surface area contributed by atoms with Crippen LogP contribution in [0.5, 0.6) is 0 Å². The molecular formula is C16H14N4O4S. The molecular weight excluding hydrogens is 344 g/mol. The van der Waals surface area contributed by atoms with Crippen LogP contribution < -0.4 is 15.9 Å². The van der Waals surface area contributed by atoms with Crippen molar-refractivity contribution in [3.63, 3.8) is 0 Å². The van der Waals surface area contributed by atoms with Crippen molar-refractivity contribution in [1.29, 1.82) is 0 Å². The van der Waals surface area contributed by atoms with Gasteiger partial charge in [0.05, 0.1) is 22.0 Å². The summed E-state index contributed by atoms with van der Waals surface area (Å²) in [6.45, 7) is 3.76. The van der Waals surface area contributed by atoms with Crippen LogP contribution in [0.15, 0.2) is 76.9 Å². The van der Waals surface area contributed by atoms with E-state index >= 15 is 0 Å². The van der Waals surface area contributed by atoms with Gasteiger partial charge in [-0.25, -0.2) is 5.01 Å². The van der Waals surface area contributed by atoms with Crippen LogP contribution in [-0.2, 0) is 14.9 Å². The van der Waals surface area contributed by atoms with Gasteiger partial charge in [0.15, 0.2) is 5.71 Å². The Bertz CT molecular complexity index is 953. The molecule has 1 saturated heterocycles. The molecule has 1 aliphatic heterocycles. The van der Waals surface area contributed by atoms with Gasteiger partial charge < -0.3 is 0 Å². The smallest absolute Gasteiger partial charge is 0.289 e. The first-order valence-electron chi connectivity index (χ1n) is 7.13. The monoisotopic (exact) mass is 358 g/mol. The Morgan fingerprint density at radius 1 is 1.08 bits per heavy atom. The number of nitrogens with zero attached hydrogens (tertiary/aromatic N) is 2. The van der Waals surface area contributed by atoms with E-state index in [1.807, 2.05) is 6.07 Å². The molecule has 0 atom stereocenters. The summed E-state index contributed by atoms with van der Waals surface area (Å²) in [4.78, 5) is 12.2. The highest BCUT2D eigenvalue weighted by atomic mass is 32.2. The van der Waals surface area contributed by atoms with Gasteiger partial charge in [-0.05, 0) is 36.4 Å². The number of hydrazone groups is 1. The molecule has 2 aromatic rings. The van der Waals surface area contributed by atoms with Gasteiger partial charge >= 0.3 is 0 Å². The highest BCUT2D eigenvalue weighted by Crippen LogP contribution is 2.19. The van der Waals surface area contributed by atoms with Crippen LogP contribution in [0.3, 0.4) is 0 Å². The molecule has 1 fully saturated rings. The second-order valence-electron chi connectivity index (χ2n) is 5.14. The van der Waals surface area contributed by atoms with E-state index < -0.39 is 10.1 Å². The van der Waals surface area contributed by atoms with Gasteiger partial charge in [-0.2, -0.15) is 13.5 Å². The van der Waals surface area contributed by atoms with Gasteiger partial charge in [0.25, 0.3) is 16.0 Å². The van der Waals surface area contributed by atoms with Crippen LogP contribution >= 0.6 is 0 Å². The molecule has 2 aromatic carbocycles. The highest BCUT2D eigenvalue weighted by Gasteiger charge is 2.32. The average Bonchev–Trinajstić information content (AvgIpc) is 2.88. The minimum absolute atomic E-state index is 0.0997. The van der Waals surface area contributed by atoms with Crippen molar-refractivity contribution in [2.45, 2.75) is 4.90 Å². The van der Waals surface area contributed by atoms with Crippen molar-refractivity contribution in [2.75, 3.05) is 10.4 Å². The summed E-state index contributed by atoms with van der Waals surface area (Å²) < 4.78 is 31.0. The first-order chi connectivity index (χ1) is 11.9. The Morgan fingerprint density at radius 2 is 1.72 bits per heavy atom. The molecule has 25 heavy (non-hydrogen) atoms. The first-order valence-corrected chi connectivity index (χ1v) is 8.57. The van der Waals surface area contributed by atoms with E-state index in [1.54, 1.807) is 24.3 Å². The van der Waals surface area contributed by atoms with Gasteiger partial charge in [-0.1, -0.05) is 24.8 Å². The van der Waals surface area contributed by atoms with E-state index in [4.69, 9.17) is 4.55 Å². The van der Waals surface area contributed by atoms with E-state index in [2.05, 4.69) is 22.5 Å². The lowest BCUT2D eigenvalue weighted by Gasteiger charge is -2.14. The van der Waals surface area contributed by atoms with Crippen molar-refractivity contribution < 1.29 is 17.8 Å². The zero-order chi connectivity index (χ0) is 18.0. The van der Waals surface area contributed by atoms with E-state index in [0.29, 0.717) is 17.1 Å². The Balaban J connectivity index is 1.77. The van der Waals surface area contributed by atoms with Crippen molar-refractivity contribution in [3.05, 3.63) is 66.9 Å². The summed E-state index contributed by atoms with van der Waals surface area (Å²) in [7, 11) is -4.25. The zero-order valence-electron chi connectivity index (χ0n) is 12.9. The molecule has 3 rings (SSSR count). The molecule has 0 aromatic heterocycles. The number of anilines is 2. The largest absolute Gasteiger partial charge is 0.299 e. The lowest BCUT2D eigenvalue weighted by atomic mass is 10.3. The van der Waals surface area contributed by atoms with Crippen LogP contribution in [0.2, 0.25) is 0 Å². The molecule has 8 nitrogen and oxygen atoms in total. The third-order valence-corrected chi connectivity index (χ3v) is 4.27. The maximum absolute atomic E-state index is 12.4. The van der Waals surface area contributed by atoms with Gasteiger partial charge in [0.2, 0.25) is 0 Å². The maximum Gasteiger partial charge on any atom is 0.299 e. The number of amides is 1. The molecule has 0 saturated carbocycles. The molecule has 0 unspecified atom stereocenters. The fourth-order valence-electron chi connectivity index (χ4n) is 2.17. The molecule has 1 aliphatic rings. The molecule has 1 amide bonds. The summed E-state index contributed by atoms with van der Waals surface area (Å²) in [6.07, 6.45) is 0. The lowest BCUT2D eigenvalue weighted by molar-refractivity contribution is -0.112. The van der Waals surface area contributed by atoms with Crippen LogP contribution in [0.4, 0.5) is 11.4 Å². The number of para-hydroxylation sites is 1. The third kappa shape index (κ3) is 3.52. The number of carbonyl (C=O) groups is 1. The van der Waals surface area contributed by atoms with Crippen LogP contribution in [0, 0.1) is 0 Å². The quantitative estimate of drug-likeness (QED) is 0.567. The summed E-state index contributed by atoms with van der Waals surface area (Å²) in [5.41, 5.74) is 7.02. The predicted molar refractivity (Wildman–Crippen MR) is 93.5 cm³/mol. The zero-order valence-corrected chi connectivity index (χ0v) is 13.7. The Labute approximate surface area is 144 Å². The van der Waals surface area contributed by atoms with E-state index in [9.17, 15) is 13.2 Å². The Hall–Kier alpha value is -3.17. The normalized spacial score (nSPS) is 16.2. The molecule has 0 spiro atoms. The number of benzene rings is 2. The van der Waals surface area contributed by atoms with Crippen LogP contribution in [-0.4, -0.2) is 24.6 Å². The second-order valence-corrected chi connectivity index (χ2v) is 6.56. The molecule has 0 radical (unpaired) electrons. The van der Waals surface area contributed by atoms with Crippen molar-refractivity contribution in [3.8, 4) is 0 Å². The molecule has 3 N–H and O–H groups in total. The molecule has 128 valence electrons. The van der Waals surface area contributed by atoms with E-state index in [0.717, 1.165) is 0 Å². The SMILES string of the molecule is C=C1NN(c2ccccc2)C(=O)/C1=N/Nc1ccc(S(=O)(=O)O)cc1. The van der Waals surface area contributed by atoms with Crippen LogP contribution in [0.25, 0.3) is 0 Å². The topological polar surface area (TPSA) is 111 Å². The molecule has 1 heterocycles. The number of hydrazine groups is 1. The number of carbonyl (C=O) groups excluding carboxylic acids is 1. The lowest BCUT2D eigenvalue weighted by Crippen LogP contribution is -2.34. The van der Waals surface area contributed by atoms with Gasteiger partial charge in [-0.3, -0.25) is 20.2 Å². The van der Waals surface area contributed by atoms with Gasteiger partial charge in [0.1, 0.15) is 0 Å². The summed E-state index contributed by atoms with van der Waals surface area (Å²) >= 11 is 0. The van der Waals surface area contributed by atoms with Gasteiger partial charge in [-0.15, -0.1) is 0 Å². The fourth-order valence-corrected chi connectivity index (χ4v) is 2.65. The second kappa shape index (κ2) is 6.38. The highest BCUT2D eigenvalue weighted by molar-refractivity contribution is 7.85. The average molecular weight is 358 g/mol. The number of rotatable bonds is 4. The predicted octanol–water partition coefficient (Wildman–Crippen LogP) is 1.77. The van der Waals surface area contributed by atoms with Crippen molar-refractivity contribution >= 4 is 33.1 Å². The summed E-state index contributed by atoms with van der Waals surface area (Å²) in [5, 5.41) is 5.35. The summed E-state index contributed by atoms with van der Waals surface area (Å²) in [5.74, 6) is -0.377. The number of hydrogen-bond donors (Lipinski definition) is 3. The maximum atomic E-state index is 12.4. The number of nitrogens with one attached hydrogen (secondary N) is 2. The Morgan fingerprint density at radius 3 is 2.32 bits per heavy atom. The van der Waals surface area contributed by atoms with Crippen LogP contribution in [0.1, 0.15) is 0 Å². The number of hydrogen-bond acceptors (Lipinski definition) is 6. The van der Waals surface area contributed by atoms with Gasteiger partial charge in [0, 0.05) is 0 Å². The first kappa shape index (κ1) is 16.7. The Kier molecular flexibility index (Phi) is 4.26. The summed E-state index contributed by atoms with van der Waals surface area (Å²) in [6, 6.07) is 14.2. The van der Waals surface area contributed by atoms with E-state index in [1.165, 1.54) is 29.3 Å². The van der Waals surface area contributed by atoms with E-state index in [-0.39, 0.29) is 16.5 Å². The van der Waals surface area contributed by atoms with Crippen molar-refractivity contribution in [2.24, 2.45) is 5.10 Å². The standard InChI is InChI=1S/C16H14N4O4S/c1-11-15(16(21)20(19-11)13-5-3-2-4-6-13)18-17-12-7-9-14(10-8-12)25(22,23)24/h2-10,17,19H,1H2,(H,22,23,24)/b18-15+. The molecule has 9 heteroatoms.